The molecular formula is C11H7BrO3S. The predicted molar refractivity (Wildman–Crippen MR) is 67.4 cm³/mol. The van der Waals surface area contributed by atoms with E-state index < -0.39 is 0 Å². The normalized spacial score (nSPS) is 10.6. The number of fused-ring (bicyclic) bond motifs is 1. The van der Waals surface area contributed by atoms with Gasteiger partial charge in [0.25, 0.3) is 0 Å². The van der Waals surface area contributed by atoms with Crippen molar-refractivity contribution in [3.8, 4) is 0 Å². The third kappa shape index (κ3) is 1.81. The maximum absolute atomic E-state index is 12.0. The molecule has 0 saturated carbocycles. The van der Waals surface area contributed by atoms with E-state index >= 15 is 0 Å². The third-order valence-corrected chi connectivity index (χ3v) is 3.32. The molecule has 0 saturated heterocycles. The van der Waals surface area contributed by atoms with Gasteiger partial charge in [0.05, 0.1) is 5.39 Å². The summed E-state index contributed by atoms with van der Waals surface area (Å²) in [4.78, 5) is 22.8. The van der Waals surface area contributed by atoms with Crippen molar-refractivity contribution in [3.63, 3.8) is 0 Å². The molecule has 0 spiro atoms. The fourth-order valence-electron chi connectivity index (χ4n) is 1.41. The van der Waals surface area contributed by atoms with E-state index in [-0.39, 0.29) is 11.0 Å². The molecular weight excluding hydrogens is 292 g/mol. The van der Waals surface area contributed by atoms with Gasteiger partial charge in [-0.15, -0.1) is 0 Å². The van der Waals surface area contributed by atoms with E-state index in [0.717, 1.165) is 4.47 Å². The highest BCUT2D eigenvalue weighted by Gasteiger charge is 2.12. The van der Waals surface area contributed by atoms with Gasteiger partial charge in [-0.05, 0) is 24.5 Å². The van der Waals surface area contributed by atoms with E-state index in [1.807, 2.05) is 0 Å². The molecule has 3 nitrogen and oxygen atoms in total. The lowest BCUT2D eigenvalue weighted by Crippen LogP contribution is -2.09. The highest BCUT2D eigenvalue weighted by Crippen LogP contribution is 2.24. The van der Waals surface area contributed by atoms with Gasteiger partial charge >= 0.3 is 0 Å². The maximum atomic E-state index is 12.0. The second-order valence-corrected chi connectivity index (χ2v) is 4.79. The zero-order valence-corrected chi connectivity index (χ0v) is 10.7. The van der Waals surface area contributed by atoms with Crippen molar-refractivity contribution in [1.82, 2.24) is 0 Å². The van der Waals surface area contributed by atoms with Crippen LogP contribution in [0, 0.1) is 0 Å². The standard InChI is InChI=1S/C11H7BrO3S/c1-16-11-8(5-13)10(14)7-4-6(12)2-3-9(7)15-11/h2-5H,1H3. The Hall–Kier alpha value is -1.07. The van der Waals surface area contributed by atoms with Crippen LogP contribution in [-0.4, -0.2) is 12.5 Å². The zero-order valence-electron chi connectivity index (χ0n) is 8.32. The van der Waals surface area contributed by atoms with E-state index in [9.17, 15) is 9.59 Å². The molecule has 0 fully saturated rings. The molecule has 0 aliphatic heterocycles. The minimum atomic E-state index is -0.290. The summed E-state index contributed by atoms with van der Waals surface area (Å²) in [7, 11) is 0. The zero-order chi connectivity index (χ0) is 11.7. The van der Waals surface area contributed by atoms with Crippen LogP contribution in [0.2, 0.25) is 0 Å². The van der Waals surface area contributed by atoms with E-state index in [1.54, 1.807) is 24.5 Å². The largest absolute Gasteiger partial charge is 0.449 e. The van der Waals surface area contributed by atoms with Crippen molar-refractivity contribution in [1.29, 1.82) is 0 Å². The molecule has 82 valence electrons. The summed E-state index contributed by atoms with van der Waals surface area (Å²) in [6, 6.07) is 5.14. The first-order chi connectivity index (χ1) is 7.67. The van der Waals surface area contributed by atoms with Gasteiger partial charge in [-0.2, -0.15) is 0 Å². The van der Waals surface area contributed by atoms with Crippen molar-refractivity contribution in [2.45, 2.75) is 5.09 Å². The van der Waals surface area contributed by atoms with E-state index in [1.165, 1.54) is 11.8 Å². The summed E-state index contributed by atoms with van der Waals surface area (Å²) in [6.45, 7) is 0. The summed E-state index contributed by atoms with van der Waals surface area (Å²) in [6.07, 6.45) is 2.30. The van der Waals surface area contributed by atoms with Gasteiger partial charge in [0.15, 0.2) is 11.4 Å². The van der Waals surface area contributed by atoms with Gasteiger partial charge in [-0.3, -0.25) is 9.59 Å². The fourth-order valence-corrected chi connectivity index (χ4v) is 2.31. The second kappa shape index (κ2) is 4.43. The van der Waals surface area contributed by atoms with Crippen molar-refractivity contribution in [2.24, 2.45) is 0 Å². The first-order valence-corrected chi connectivity index (χ1v) is 6.44. The van der Waals surface area contributed by atoms with Crippen molar-refractivity contribution in [2.75, 3.05) is 6.26 Å². The number of thioether (sulfide) groups is 1. The Bertz CT molecular complexity index is 618. The lowest BCUT2D eigenvalue weighted by molar-refractivity contribution is 0.111. The molecule has 1 aromatic carbocycles. The summed E-state index contributed by atoms with van der Waals surface area (Å²) in [5.41, 5.74) is 0.281. The molecule has 2 aromatic rings. The number of hydrogen-bond acceptors (Lipinski definition) is 4. The van der Waals surface area contributed by atoms with Crippen LogP contribution in [0.5, 0.6) is 0 Å². The highest BCUT2D eigenvalue weighted by molar-refractivity contribution is 9.10. The van der Waals surface area contributed by atoms with Gasteiger partial charge in [0, 0.05) is 4.47 Å². The van der Waals surface area contributed by atoms with E-state index in [0.29, 0.717) is 22.3 Å². The Labute approximate surface area is 104 Å². The molecule has 1 aromatic heterocycles. The lowest BCUT2D eigenvalue weighted by atomic mass is 10.2. The molecule has 0 amide bonds. The average Bonchev–Trinajstić information content (AvgIpc) is 2.29. The van der Waals surface area contributed by atoms with Gasteiger partial charge in [-0.1, -0.05) is 27.7 Å². The summed E-state index contributed by atoms with van der Waals surface area (Å²) in [5.74, 6) is 0. The second-order valence-electron chi connectivity index (χ2n) is 3.09. The van der Waals surface area contributed by atoms with Crippen LogP contribution in [0.1, 0.15) is 10.4 Å². The summed E-state index contributed by atoms with van der Waals surface area (Å²) in [5, 5.41) is 0.768. The van der Waals surface area contributed by atoms with Crippen LogP contribution in [0.15, 0.2) is 37.0 Å². The lowest BCUT2D eigenvalue weighted by Gasteiger charge is -2.03. The van der Waals surface area contributed by atoms with Crippen molar-refractivity contribution in [3.05, 3.63) is 38.5 Å². The number of halogens is 1. The Kier molecular flexibility index (Phi) is 3.16. The molecule has 0 radical (unpaired) electrons. The SMILES string of the molecule is CSc1oc2ccc(Br)cc2c(=O)c1C=O. The predicted octanol–water partition coefficient (Wildman–Crippen LogP) is 3.09. The van der Waals surface area contributed by atoms with Crippen LogP contribution in [-0.2, 0) is 0 Å². The molecule has 0 aliphatic rings. The number of carbonyl (C=O) groups is 1. The number of aldehydes is 1. The quantitative estimate of drug-likeness (QED) is 0.631. The van der Waals surface area contributed by atoms with Crippen LogP contribution in [0.3, 0.4) is 0 Å². The average molecular weight is 299 g/mol. The molecule has 0 unspecified atom stereocenters. The van der Waals surface area contributed by atoms with E-state index in [2.05, 4.69) is 15.9 Å². The molecule has 16 heavy (non-hydrogen) atoms. The molecule has 0 atom stereocenters. The van der Waals surface area contributed by atoms with Crippen molar-refractivity contribution < 1.29 is 9.21 Å². The number of benzene rings is 1. The van der Waals surface area contributed by atoms with Crippen molar-refractivity contribution >= 4 is 44.9 Å². The molecule has 2 rings (SSSR count). The molecule has 0 N–H and O–H groups in total. The van der Waals surface area contributed by atoms with Gasteiger partial charge in [0.2, 0.25) is 5.43 Å². The number of carbonyl (C=O) groups excluding carboxylic acids is 1. The van der Waals surface area contributed by atoms with Gasteiger partial charge in [-0.25, -0.2) is 0 Å². The van der Waals surface area contributed by atoms with E-state index in [4.69, 9.17) is 4.42 Å². The van der Waals surface area contributed by atoms with Crippen LogP contribution in [0.25, 0.3) is 11.0 Å². The van der Waals surface area contributed by atoms with Gasteiger partial charge < -0.3 is 4.42 Å². The monoisotopic (exact) mass is 298 g/mol. The van der Waals surface area contributed by atoms with Crippen LogP contribution >= 0.6 is 27.7 Å². The molecule has 1 heterocycles. The maximum Gasteiger partial charge on any atom is 0.204 e. The Morgan fingerprint density at radius 2 is 2.19 bits per heavy atom. The summed E-state index contributed by atoms with van der Waals surface area (Å²) >= 11 is 4.52. The Balaban J connectivity index is 2.94. The first-order valence-electron chi connectivity index (χ1n) is 4.43. The molecule has 0 aliphatic carbocycles. The first kappa shape index (κ1) is 11.4. The molecule has 0 bridgehead atoms. The number of hydrogen-bond donors (Lipinski definition) is 0. The Morgan fingerprint density at radius 1 is 1.44 bits per heavy atom. The summed E-state index contributed by atoms with van der Waals surface area (Å²) < 4.78 is 6.26. The van der Waals surface area contributed by atoms with Gasteiger partial charge in [0.1, 0.15) is 11.1 Å². The van der Waals surface area contributed by atoms with Crippen LogP contribution in [0.4, 0.5) is 0 Å². The third-order valence-electron chi connectivity index (χ3n) is 2.16. The Morgan fingerprint density at radius 3 is 2.81 bits per heavy atom. The van der Waals surface area contributed by atoms with Crippen LogP contribution < -0.4 is 5.43 Å². The minimum absolute atomic E-state index is 0.0816. The fraction of sp³-hybridized carbons (Fsp3) is 0.0909. The smallest absolute Gasteiger partial charge is 0.204 e. The minimum Gasteiger partial charge on any atom is -0.449 e. The number of rotatable bonds is 2. The topological polar surface area (TPSA) is 47.3 Å². The highest BCUT2D eigenvalue weighted by atomic mass is 79.9. The molecule has 5 heteroatoms.